The van der Waals surface area contributed by atoms with Gasteiger partial charge in [0.05, 0.1) is 12.0 Å². The first-order valence-corrected chi connectivity index (χ1v) is 7.68. The van der Waals surface area contributed by atoms with Gasteiger partial charge in [-0.05, 0) is 38.5 Å². The summed E-state index contributed by atoms with van der Waals surface area (Å²) in [7, 11) is 0. The number of esters is 1. The molecule has 3 rings (SSSR count). The first kappa shape index (κ1) is 14.1. The number of hydrogen-bond donors (Lipinski definition) is 0. The van der Waals surface area contributed by atoms with Crippen LogP contribution >= 0.6 is 0 Å². The molecule has 0 bridgehead atoms. The molecule has 4 heteroatoms. The number of ether oxygens (including phenoxy) is 2. The molecule has 0 amide bonds. The summed E-state index contributed by atoms with van der Waals surface area (Å²) in [6.07, 6.45) is 3.84. The molecule has 4 nitrogen and oxygen atoms in total. The van der Waals surface area contributed by atoms with Crippen molar-refractivity contribution < 1.29 is 19.1 Å². The maximum Gasteiger partial charge on any atom is 0.302 e. The third-order valence-electron chi connectivity index (χ3n) is 6.19. The van der Waals surface area contributed by atoms with E-state index in [2.05, 4.69) is 13.8 Å². The van der Waals surface area contributed by atoms with Crippen LogP contribution in [0.1, 0.15) is 53.4 Å². The number of hydrogen-bond acceptors (Lipinski definition) is 4. The Kier molecular flexibility index (Phi) is 3.02. The number of epoxide rings is 1. The Morgan fingerprint density at radius 2 is 1.90 bits per heavy atom. The van der Waals surface area contributed by atoms with Crippen molar-refractivity contribution in [3.05, 3.63) is 0 Å². The van der Waals surface area contributed by atoms with Crippen molar-refractivity contribution in [2.45, 2.75) is 71.2 Å². The molecule has 0 radical (unpaired) electrons. The summed E-state index contributed by atoms with van der Waals surface area (Å²) in [5.74, 6) is 0.00677. The van der Waals surface area contributed by atoms with Gasteiger partial charge >= 0.3 is 5.97 Å². The average molecular weight is 280 g/mol. The van der Waals surface area contributed by atoms with Crippen molar-refractivity contribution in [1.82, 2.24) is 0 Å². The molecule has 1 aliphatic heterocycles. The van der Waals surface area contributed by atoms with Gasteiger partial charge in [0.15, 0.2) is 0 Å². The van der Waals surface area contributed by atoms with Crippen LogP contribution in [0.5, 0.6) is 0 Å². The maximum atomic E-state index is 12.3. The third-order valence-corrected chi connectivity index (χ3v) is 6.19. The predicted molar refractivity (Wildman–Crippen MR) is 73.1 cm³/mol. The second-order valence-electron chi connectivity index (χ2n) is 7.03. The van der Waals surface area contributed by atoms with Crippen LogP contribution in [0.4, 0.5) is 0 Å². The van der Waals surface area contributed by atoms with Gasteiger partial charge in [-0.1, -0.05) is 13.8 Å². The molecule has 6 atom stereocenters. The second kappa shape index (κ2) is 4.30. The highest BCUT2D eigenvalue weighted by Crippen LogP contribution is 2.68. The molecule has 1 spiro atoms. The smallest absolute Gasteiger partial charge is 0.302 e. The van der Waals surface area contributed by atoms with Crippen LogP contribution in [0.2, 0.25) is 0 Å². The van der Waals surface area contributed by atoms with E-state index in [0.29, 0.717) is 12.0 Å². The van der Waals surface area contributed by atoms with Gasteiger partial charge in [-0.15, -0.1) is 0 Å². The standard InChI is InChI=1S/C16H24O4/c1-9-5-6-13-16(20-13)8-7-12(19-11(3)18)14(10(2)17)15(9,16)4/h9,12-14H,5-8H2,1-4H3/t9-,12?,13-,14?,15-,16-/m0/s1. The van der Waals surface area contributed by atoms with Gasteiger partial charge < -0.3 is 9.47 Å². The van der Waals surface area contributed by atoms with E-state index in [4.69, 9.17) is 9.47 Å². The summed E-state index contributed by atoms with van der Waals surface area (Å²) < 4.78 is 11.6. The molecule has 2 aliphatic carbocycles. The number of carbonyl (C=O) groups is 2. The van der Waals surface area contributed by atoms with Gasteiger partial charge in [0.25, 0.3) is 0 Å². The monoisotopic (exact) mass is 280 g/mol. The van der Waals surface area contributed by atoms with E-state index in [-0.39, 0.29) is 34.8 Å². The predicted octanol–water partition coefficient (Wildman–Crippen LogP) is 2.49. The van der Waals surface area contributed by atoms with E-state index in [1.807, 2.05) is 0 Å². The third kappa shape index (κ3) is 1.63. The summed E-state index contributed by atoms with van der Waals surface area (Å²) >= 11 is 0. The van der Waals surface area contributed by atoms with E-state index < -0.39 is 0 Å². The summed E-state index contributed by atoms with van der Waals surface area (Å²) in [5.41, 5.74) is -0.349. The highest BCUT2D eigenvalue weighted by molar-refractivity contribution is 5.81. The first-order chi connectivity index (χ1) is 9.33. The number of rotatable bonds is 2. The minimum atomic E-state index is -0.294. The van der Waals surface area contributed by atoms with Crippen LogP contribution in [0.25, 0.3) is 0 Å². The average Bonchev–Trinajstić information content (AvgIpc) is 3.05. The lowest BCUT2D eigenvalue weighted by Gasteiger charge is -2.53. The second-order valence-corrected chi connectivity index (χ2v) is 7.03. The van der Waals surface area contributed by atoms with Gasteiger partial charge in [-0.3, -0.25) is 9.59 Å². The zero-order valence-corrected chi connectivity index (χ0v) is 12.8. The van der Waals surface area contributed by atoms with Crippen LogP contribution < -0.4 is 0 Å². The number of ketones is 1. The van der Waals surface area contributed by atoms with E-state index in [1.165, 1.54) is 6.92 Å². The van der Waals surface area contributed by atoms with E-state index >= 15 is 0 Å². The van der Waals surface area contributed by atoms with Gasteiger partial charge in [-0.25, -0.2) is 0 Å². The lowest BCUT2D eigenvalue weighted by Crippen LogP contribution is -2.60. The summed E-state index contributed by atoms with van der Waals surface area (Å²) in [5, 5.41) is 0. The van der Waals surface area contributed by atoms with E-state index in [1.54, 1.807) is 6.92 Å². The zero-order chi connectivity index (χ0) is 14.7. The lowest BCUT2D eigenvalue weighted by atomic mass is 9.49. The van der Waals surface area contributed by atoms with Gasteiger partial charge in [0.2, 0.25) is 0 Å². The largest absolute Gasteiger partial charge is 0.462 e. The molecule has 0 N–H and O–H groups in total. The van der Waals surface area contributed by atoms with Crippen molar-refractivity contribution in [3.8, 4) is 0 Å². The Hall–Kier alpha value is -0.900. The molecule has 0 aromatic rings. The van der Waals surface area contributed by atoms with Gasteiger partial charge in [0, 0.05) is 12.3 Å². The van der Waals surface area contributed by atoms with Crippen LogP contribution in [0.15, 0.2) is 0 Å². The molecule has 1 heterocycles. The fourth-order valence-corrected chi connectivity index (χ4v) is 5.10. The van der Waals surface area contributed by atoms with Crippen molar-refractivity contribution in [3.63, 3.8) is 0 Å². The molecule has 0 aromatic heterocycles. The molecule has 20 heavy (non-hydrogen) atoms. The normalized spacial score (nSPS) is 49.8. The molecule has 1 saturated heterocycles. The Morgan fingerprint density at radius 3 is 2.50 bits per heavy atom. The Labute approximate surface area is 120 Å². The fraction of sp³-hybridized carbons (Fsp3) is 0.875. The fourth-order valence-electron chi connectivity index (χ4n) is 5.10. The maximum absolute atomic E-state index is 12.3. The van der Waals surface area contributed by atoms with Crippen LogP contribution in [-0.4, -0.2) is 29.6 Å². The molecule has 2 unspecified atom stereocenters. The Morgan fingerprint density at radius 1 is 1.20 bits per heavy atom. The number of Topliss-reactive ketones (excluding diaryl/α,β-unsaturated/α-hetero) is 1. The Balaban J connectivity index is 1.99. The van der Waals surface area contributed by atoms with Crippen molar-refractivity contribution in [2.75, 3.05) is 0 Å². The lowest BCUT2D eigenvalue weighted by molar-refractivity contribution is -0.170. The minimum Gasteiger partial charge on any atom is -0.462 e. The summed E-state index contributed by atoms with van der Waals surface area (Å²) in [6.45, 7) is 7.44. The number of carbonyl (C=O) groups excluding carboxylic acids is 2. The van der Waals surface area contributed by atoms with Gasteiger partial charge in [0.1, 0.15) is 17.5 Å². The highest BCUT2D eigenvalue weighted by Gasteiger charge is 2.75. The van der Waals surface area contributed by atoms with Gasteiger partial charge in [-0.2, -0.15) is 0 Å². The quantitative estimate of drug-likeness (QED) is 0.576. The van der Waals surface area contributed by atoms with Crippen molar-refractivity contribution >= 4 is 11.8 Å². The highest BCUT2D eigenvalue weighted by atomic mass is 16.6. The minimum absolute atomic E-state index is 0.126. The molecule has 0 aromatic carbocycles. The SMILES string of the molecule is CC(=O)OC1CC[C@]23O[C@H]2CC[C@H](C)[C@@]3(C)C1C(C)=O. The molecule has 3 fully saturated rings. The van der Waals surface area contributed by atoms with E-state index in [9.17, 15) is 9.59 Å². The summed E-state index contributed by atoms with van der Waals surface area (Å²) in [6, 6.07) is 0. The van der Waals surface area contributed by atoms with E-state index in [0.717, 1.165) is 25.7 Å². The summed E-state index contributed by atoms with van der Waals surface area (Å²) in [4.78, 5) is 23.7. The molecule has 112 valence electrons. The molecule has 2 saturated carbocycles. The molecule has 3 aliphatic rings. The first-order valence-electron chi connectivity index (χ1n) is 7.68. The Bertz CT molecular complexity index is 459. The van der Waals surface area contributed by atoms with Crippen LogP contribution in [0, 0.1) is 17.3 Å². The van der Waals surface area contributed by atoms with Crippen LogP contribution in [-0.2, 0) is 19.1 Å². The van der Waals surface area contributed by atoms with Crippen LogP contribution in [0.3, 0.4) is 0 Å². The van der Waals surface area contributed by atoms with Crippen molar-refractivity contribution in [2.24, 2.45) is 17.3 Å². The molecular weight excluding hydrogens is 256 g/mol. The zero-order valence-electron chi connectivity index (χ0n) is 12.8. The van der Waals surface area contributed by atoms with Crippen molar-refractivity contribution in [1.29, 1.82) is 0 Å². The molecular formula is C16H24O4. The topological polar surface area (TPSA) is 55.9 Å².